The predicted octanol–water partition coefficient (Wildman–Crippen LogP) is -0.498. The van der Waals surface area contributed by atoms with Crippen LogP contribution in [-0.2, 0) is 18.3 Å². The summed E-state index contributed by atoms with van der Waals surface area (Å²) in [4.78, 5) is 17.8. The summed E-state index contributed by atoms with van der Waals surface area (Å²) >= 11 is 0. The molecule has 0 aromatic carbocycles. The van der Waals surface area contributed by atoms with Gasteiger partial charge < -0.3 is 15.6 Å². The largest absolute Gasteiger partial charge is 0.369 e. The fourth-order valence-corrected chi connectivity index (χ4v) is 2.64. The lowest BCUT2D eigenvalue weighted by atomic mass is 10.0. The molecule has 0 aliphatic carbocycles. The van der Waals surface area contributed by atoms with E-state index in [-0.39, 0.29) is 5.91 Å². The van der Waals surface area contributed by atoms with Crippen LogP contribution in [0.25, 0.3) is 0 Å². The van der Waals surface area contributed by atoms with Crippen molar-refractivity contribution in [2.24, 2.45) is 12.8 Å². The molecule has 1 amide bonds. The summed E-state index contributed by atoms with van der Waals surface area (Å²) in [7, 11) is 1.99. The second-order valence-electron chi connectivity index (χ2n) is 5.12. The van der Waals surface area contributed by atoms with E-state index >= 15 is 0 Å². The number of primary amides is 1. The van der Waals surface area contributed by atoms with Crippen molar-refractivity contribution in [2.45, 2.75) is 25.3 Å². The summed E-state index contributed by atoms with van der Waals surface area (Å²) in [5, 5.41) is 3.34. The Labute approximate surface area is 114 Å². The minimum absolute atomic E-state index is 0.252. The molecule has 2 heterocycles. The molecule has 19 heavy (non-hydrogen) atoms. The second kappa shape index (κ2) is 6.68. The van der Waals surface area contributed by atoms with E-state index in [2.05, 4.69) is 15.2 Å². The number of carbonyl (C=O) groups is 1. The molecule has 1 fully saturated rings. The van der Waals surface area contributed by atoms with Gasteiger partial charge in [-0.1, -0.05) is 0 Å². The molecule has 6 heteroatoms. The summed E-state index contributed by atoms with van der Waals surface area (Å²) < 4.78 is 2.02. The van der Waals surface area contributed by atoms with Crippen LogP contribution in [0.5, 0.6) is 0 Å². The number of hydrogen-bond donors (Lipinski definition) is 2. The topological polar surface area (TPSA) is 76.2 Å². The zero-order valence-electron chi connectivity index (χ0n) is 11.5. The Kier molecular flexibility index (Phi) is 4.93. The van der Waals surface area contributed by atoms with Crippen LogP contribution in [0, 0.1) is 0 Å². The number of imidazole rings is 1. The maximum Gasteiger partial charge on any atom is 0.231 e. The van der Waals surface area contributed by atoms with E-state index in [9.17, 15) is 4.79 Å². The van der Waals surface area contributed by atoms with Gasteiger partial charge >= 0.3 is 0 Å². The molecule has 1 aliphatic rings. The lowest BCUT2D eigenvalue weighted by molar-refractivity contribution is -0.119. The normalized spacial score (nSPS) is 16.9. The molecule has 106 valence electrons. The Morgan fingerprint density at radius 1 is 1.58 bits per heavy atom. The monoisotopic (exact) mass is 265 g/mol. The van der Waals surface area contributed by atoms with E-state index < -0.39 is 0 Å². The zero-order chi connectivity index (χ0) is 13.7. The van der Waals surface area contributed by atoms with E-state index in [1.54, 1.807) is 6.20 Å². The Hall–Kier alpha value is -1.40. The molecular formula is C13H23N5O. The quantitative estimate of drug-likeness (QED) is 0.727. The van der Waals surface area contributed by atoms with Crippen molar-refractivity contribution in [3.05, 3.63) is 18.2 Å². The van der Waals surface area contributed by atoms with Gasteiger partial charge in [-0.25, -0.2) is 4.98 Å². The van der Waals surface area contributed by atoms with Gasteiger partial charge in [0.25, 0.3) is 0 Å². The molecule has 2 rings (SSSR count). The molecule has 0 atom stereocenters. The first-order valence-corrected chi connectivity index (χ1v) is 6.86. The van der Waals surface area contributed by atoms with Gasteiger partial charge in [-0.3, -0.25) is 9.69 Å². The van der Waals surface area contributed by atoms with E-state index in [0.29, 0.717) is 12.6 Å². The minimum Gasteiger partial charge on any atom is -0.369 e. The number of hydrogen-bond acceptors (Lipinski definition) is 4. The van der Waals surface area contributed by atoms with Gasteiger partial charge in [0, 0.05) is 38.4 Å². The average molecular weight is 265 g/mol. The Balaban J connectivity index is 1.93. The SMILES string of the molecule is Cn1ccnc1CCN(CC(N)=O)C1CCNCC1. The first-order chi connectivity index (χ1) is 9.16. The number of aromatic nitrogens is 2. The van der Waals surface area contributed by atoms with Gasteiger partial charge in [-0.15, -0.1) is 0 Å². The van der Waals surface area contributed by atoms with Crippen molar-refractivity contribution in [3.63, 3.8) is 0 Å². The third kappa shape index (κ3) is 4.04. The minimum atomic E-state index is -0.252. The van der Waals surface area contributed by atoms with Crippen LogP contribution >= 0.6 is 0 Å². The molecular weight excluding hydrogens is 242 g/mol. The van der Waals surface area contributed by atoms with Crippen molar-refractivity contribution in [1.82, 2.24) is 19.8 Å². The summed E-state index contributed by atoms with van der Waals surface area (Å²) in [5.41, 5.74) is 5.36. The predicted molar refractivity (Wildman–Crippen MR) is 73.6 cm³/mol. The number of amides is 1. The number of nitrogens with one attached hydrogen (secondary N) is 1. The van der Waals surface area contributed by atoms with E-state index in [0.717, 1.165) is 44.7 Å². The van der Waals surface area contributed by atoms with E-state index in [1.807, 2.05) is 17.8 Å². The fourth-order valence-electron chi connectivity index (χ4n) is 2.64. The van der Waals surface area contributed by atoms with Gasteiger partial charge in [-0.2, -0.15) is 0 Å². The highest BCUT2D eigenvalue weighted by Gasteiger charge is 2.22. The molecule has 0 saturated carbocycles. The van der Waals surface area contributed by atoms with E-state index in [1.165, 1.54) is 0 Å². The summed E-state index contributed by atoms with van der Waals surface area (Å²) in [6.45, 7) is 3.21. The Morgan fingerprint density at radius 3 is 2.89 bits per heavy atom. The third-order valence-corrected chi connectivity index (χ3v) is 3.73. The molecule has 1 saturated heterocycles. The van der Waals surface area contributed by atoms with Crippen molar-refractivity contribution >= 4 is 5.91 Å². The highest BCUT2D eigenvalue weighted by Crippen LogP contribution is 2.12. The molecule has 6 nitrogen and oxygen atoms in total. The molecule has 0 spiro atoms. The first kappa shape index (κ1) is 14.0. The van der Waals surface area contributed by atoms with Gasteiger partial charge in [-0.05, 0) is 25.9 Å². The third-order valence-electron chi connectivity index (χ3n) is 3.73. The maximum atomic E-state index is 11.2. The number of nitrogens with zero attached hydrogens (tertiary/aromatic N) is 3. The van der Waals surface area contributed by atoms with Gasteiger partial charge in [0.1, 0.15) is 5.82 Å². The summed E-state index contributed by atoms with van der Waals surface area (Å²) in [6, 6.07) is 0.453. The standard InChI is InChI=1S/C13H23N5O/c1-17-9-7-16-13(17)4-8-18(10-12(14)19)11-2-5-15-6-3-11/h7,9,11,15H,2-6,8,10H2,1H3,(H2,14,19). The molecule has 0 unspecified atom stereocenters. The summed E-state index contributed by atoms with van der Waals surface area (Å²) in [5.74, 6) is 0.793. The second-order valence-corrected chi connectivity index (χ2v) is 5.12. The molecule has 0 bridgehead atoms. The van der Waals surface area contributed by atoms with Crippen molar-refractivity contribution in [2.75, 3.05) is 26.2 Å². The van der Waals surface area contributed by atoms with Gasteiger partial charge in [0.2, 0.25) is 5.91 Å². The van der Waals surface area contributed by atoms with Crippen LogP contribution in [0.1, 0.15) is 18.7 Å². The number of nitrogens with two attached hydrogens (primary N) is 1. The Bertz CT molecular complexity index is 411. The number of aryl methyl sites for hydroxylation is 1. The fraction of sp³-hybridized carbons (Fsp3) is 0.692. The number of rotatable bonds is 6. The lowest BCUT2D eigenvalue weighted by Gasteiger charge is -2.33. The molecule has 1 aliphatic heterocycles. The highest BCUT2D eigenvalue weighted by molar-refractivity contribution is 5.75. The van der Waals surface area contributed by atoms with Gasteiger partial charge in [0.05, 0.1) is 6.54 Å². The van der Waals surface area contributed by atoms with Crippen molar-refractivity contribution in [1.29, 1.82) is 0 Å². The van der Waals surface area contributed by atoms with Crippen molar-refractivity contribution in [3.8, 4) is 0 Å². The summed E-state index contributed by atoms with van der Waals surface area (Å²) in [6.07, 6.45) is 6.75. The first-order valence-electron chi connectivity index (χ1n) is 6.86. The van der Waals surface area contributed by atoms with Crippen molar-refractivity contribution < 1.29 is 4.79 Å². The van der Waals surface area contributed by atoms with Gasteiger partial charge in [0.15, 0.2) is 0 Å². The van der Waals surface area contributed by atoms with Crippen LogP contribution in [0.4, 0.5) is 0 Å². The number of carbonyl (C=O) groups excluding carboxylic acids is 1. The smallest absolute Gasteiger partial charge is 0.231 e. The Morgan fingerprint density at radius 2 is 2.32 bits per heavy atom. The zero-order valence-corrected chi connectivity index (χ0v) is 11.5. The van der Waals surface area contributed by atoms with Crippen LogP contribution in [-0.4, -0.2) is 52.6 Å². The number of piperidine rings is 1. The van der Waals surface area contributed by atoms with Crippen LogP contribution in [0.2, 0.25) is 0 Å². The maximum absolute atomic E-state index is 11.2. The van der Waals surface area contributed by atoms with Crippen LogP contribution < -0.4 is 11.1 Å². The average Bonchev–Trinajstić information content (AvgIpc) is 2.81. The highest BCUT2D eigenvalue weighted by atomic mass is 16.1. The van der Waals surface area contributed by atoms with Crippen LogP contribution in [0.3, 0.4) is 0 Å². The lowest BCUT2D eigenvalue weighted by Crippen LogP contribution is -2.47. The van der Waals surface area contributed by atoms with E-state index in [4.69, 9.17) is 5.73 Å². The molecule has 3 N–H and O–H groups in total. The molecule has 1 aromatic heterocycles. The molecule has 1 aromatic rings. The molecule has 0 radical (unpaired) electrons. The van der Waals surface area contributed by atoms with Crippen LogP contribution in [0.15, 0.2) is 12.4 Å².